The van der Waals surface area contributed by atoms with Crippen LogP contribution in [0.3, 0.4) is 0 Å². The number of hydrogen-bond donors (Lipinski definition) is 2. The second kappa shape index (κ2) is 7.36. The van der Waals surface area contributed by atoms with Gasteiger partial charge in [0.05, 0.1) is 6.10 Å². The van der Waals surface area contributed by atoms with E-state index in [0.29, 0.717) is 29.0 Å². The SMILES string of the molecule is CCOC1CC(CC(Cc2c(F)cccc2Cl)NN)C1. The van der Waals surface area contributed by atoms with Crippen LogP contribution in [0.5, 0.6) is 0 Å². The molecule has 1 fully saturated rings. The highest BCUT2D eigenvalue weighted by Crippen LogP contribution is 2.34. The zero-order valence-corrected chi connectivity index (χ0v) is 12.5. The molecule has 0 saturated heterocycles. The first-order valence-electron chi connectivity index (χ1n) is 7.14. The van der Waals surface area contributed by atoms with Crippen LogP contribution in [0.4, 0.5) is 4.39 Å². The normalized spacial score (nSPS) is 23.4. The van der Waals surface area contributed by atoms with Crippen LogP contribution in [0.15, 0.2) is 18.2 Å². The summed E-state index contributed by atoms with van der Waals surface area (Å²) in [5.74, 6) is 5.92. The Bertz CT molecular complexity index is 418. The van der Waals surface area contributed by atoms with E-state index in [1.54, 1.807) is 12.1 Å². The van der Waals surface area contributed by atoms with Crippen LogP contribution < -0.4 is 11.3 Å². The third-order valence-electron chi connectivity index (χ3n) is 3.96. The smallest absolute Gasteiger partial charge is 0.127 e. The molecule has 0 heterocycles. The highest BCUT2D eigenvalue weighted by Gasteiger charge is 2.31. The lowest BCUT2D eigenvalue weighted by molar-refractivity contribution is -0.0290. The van der Waals surface area contributed by atoms with Crippen molar-refractivity contribution in [2.24, 2.45) is 11.8 Å². The quantitative estimate of drug-likeness (QED) is 0.601. The molecule has 112 valence electrons. The number of ether oxygens (including phenoxy) is 1. The van der Waals surface area contributed by atoms with E-state index in [1.165, 1.54) is 6.07 Å². The van der Waals surface area contributed by atoms with Crippen molar-refractivity contribution in [3.8, 4) is 0 Å². The van der Waals surface area contributed by atoms with Gasteiger partial charge in [-0.15, -0.1) is 0 Å². The molecule has 1 aliphatic rings. The van der Waals surface area contributed by atoms with Gasteiger partial charge in [0.25, 0.3) is 0 Å². The third kappa shape index (κ3) is 3.92. The van der Waals surface area contributed by atoms with E-state index in [2.05, 4.69) is 5.43 Å². The van der Waals surface area contributed by atoms with Crippen LogP contribution in [0.1, 0.15) is 31.7 Å². The van der Waals surface area contributed by atoms with Gasteiger partial charge in [0.1, 0.15) is 5.82 Å². The Labute approximate surface area is 124 Å². The Hall–Kier alpha value is -0.680. The molecule has 1 aromatic rings. The molecule has 0 amide bonds. The highest BCUT2D eigenvalue weighted by molar-refractivity contribution is 6.31. The van der Waals surface area contributed by atoms with Gasteiger partial charge in [-0.2, -0.15) is 0 Å². The summed E-state index contributed by atoms with van der Waals surface area (Å²) in [6.07, 6.45) is 3.96. The molecule has 0 aromatic heterocycles. The van der Waals surface area contributed by atoms with E-state index < -0.39 is 0 Å². The van der Waals surface area contributed by atoms with Crippen molar-refractivity contribution >= 4 is 11.6 Å². The van der Waals surface area contributed by atoms with Crippen molar-refractivity contribution in [1.82, 2.24) is 5.43 Å². The Morgan fingerprint density at radius 1 is 1.50 bits per heavy atom. The summed E-state index contributed by atoms with van der Waals surface area (Å²) in [5, 5.41) is 0.464. The lowest BCUT2D eigenvalue weighted by atomic mass is 9.77. The highest BCUT2D eigenvalue weighted by atomic mass is 35.5. The summed E-state index contributed by atoms with van der Waals surface area (Å²) in [7, 11) is 0. The van der Waals surface area contributed by atoms with Gasteiger partial charge in [-0.05, 0) is 50.7 Å². The Morgan fingerprint density at radius 3 is 2.85 bits per heavy atom. The van der Waals surface area contributed by atoms with Crippen LogP contribution in [0.2, 0.25) is 5.02 Å². The Morgan fingerprint density at radius 2 is 2.25 bits per heavy atom. The molecule has 0 spiro atoms. The Kier molecular flexibility index (Phi) is 5.78. The van der Waals surface area contributed by atoms with Gasteiger partial charge in [0, 0.05) is 23.2 Å². The maximum absolute atomic E-state index is 13.8. The van der Waals surface area contributed by atoms with Crippen molar-refractivity contribution in [1.29, 1.82) is 0 Å². The average Bonchev–Trinajstić information content (AvgIpc) is 2.38. The second-order valence-corrected chi connectivity index (χ2v) is 5.83. The van der Waals surface area contributed by atoms with E-state index in [9.17, 15) is 4.39 Å². The minimum Gasteiger partial charge on any atom is -0.378 e. The van der Waals surface area contributed by atoms with Gasteiger partial charge < -0.3 is 4.74 Å². The topological polar surface area (TPSA) is 47.3 Å². The lowest BCUT2D eigenvalue weighted by Gasteiger charge is -2.37. The number of hydrazine groups is 1. The standard InChI is InChI=1S/C15H22ClFN2O/c1-2-20-12-7-10(8-12)6-11(19-18)9-13-14(16)4-3-5-15(13)17/h3-5,10-12,19H,2,6-9,18H2,1H3. The maximum atomic E-state index is 13.8. The molecule has 20 heavy (non-hydrogen) atoms. The lowest BCUT2D eigenvalue weighted by Crippen LogP contribution is -2.42. The van der Waals surface area contributed by atoms with Crippen LogP contribution in [0.25, 0.3) is 0 Å². The molecule has 5 heteroatoms. The van der Waals surface area contributed by atoms with E-state index in [-0.39, 0.29) is 11.9 Å². The molecular weight excluding hydrogens is 279 g/mol. The summed E-state index contributed by atoms with van der Waals surface area (Å²) in [4.78, 5) is 0. The fraction of sp³-hybridized carbons (Fsp3) is 0.600. The van der Waals surface area contributed by atoms with Gasteiger partial charge in [-0.25, -0.2) is 4.39 Å². The third-order valence-corrected chi connectivity index (χ3v) is 4.31. The van der Waals surface area contributed by atoms with Crippen LogP contribution in [0, 0.1) is 11.7 Å². The van der Waals surface area contributed by atoms with Crippen molar-refractivity contribution in [2.45, 2.75) is 44.8 Å². The summed E-state index contributed by atoms with van der Waals surface area (Å²) >= 11 is 6.05. The molecule has 1 saturated carbocycles. The fourth-order valence-electron chi connectivity index (χ4n) is 2.83. The molecule has 1 unspecified atom stereocenters. The molecule has 1 aliphatic carbocycles. The van der Waals surface area contributed by atoms with Gasteiger partial charge in [0.15, 0.2) is 0 Å². The second-order valence-electron chi connectivity index (χ2n) is 5.42. The number of hydrogen-bond acceptors (Lipinski definition) is 3. The summed E-state index contributed by atoms with van der Waals surface area (Å²) in [6, 6.07) is 4.80. The maximum Gasteiger partial charge on any atom is 0.127 e. The molecule has 0 aliphatic heterocycles. The van der Waals surface area contributed by atoms with E-state index >= 15 is 0 Å². The molecule has 2 rings (SSSR count). The minimum atomic E-state index is -0.265. The number of nitrogens with one attached hydrogen (secondary N) is 1. The Balaban J connectivity index is 1.87. The van der Waals surface area contributed by atoms with Crippen LogP contribution in [-0.2, 0) is 11.2 Å². The van der Waals surface area contributed by atoms with Crippen molar-refractivity contribution in [2.75, 3.05) is 6.61 Å². The predicted molar refractivity (Wildman–Crippen MR) is 79.0 cm³/mol. The zero-order valence-electron chi connectivity index (χ0n) is 11.7. The van der Waals surface area contributed by atoms with E-state index in [0.717, 1.165) is 25.9 Å². The molecule has 3 N–H and O–H groups in total. The van der Waals surface area contributed by atoms with Gasteiger partial charge in [0.2, 0.25) is 0 Å². The van der Waals surface area contributed by atoms with Gasteiger partial charge >= 0.3 is 0 Å². The first-order chi connectivity index (χ1) is 9.63. The molecule has 0 bridgehead atoms. The van der Waals surface area contributed by atoms with Crippen molar-refractivity contribution in [3.05, 3.63) is 34.6 Å². The van der Waals surface area contributed by atoms with Crippen LogP contribution >= 0.6 is 11.6 Å². The van der Waals surface area contributed by atoms with E-state index in [4.69, 9.17) is 22.2 Å². The summed E-state index contributed by atoms with van der Waals surface area (Å²) in [6.45, 7) is 2.78. The van der Waals surface area contributed by atoms with E-state index in [1.807, 2.05) is 6.92 Å². The van der Waals surface area contributed by atoms with Gasteiger partial charge in [-0.1, -0.05) is 17.7 Å². The molecule has 0 radical (unpaired) electrons. The zero-order chi connectivity index (χ0) is 14.5. The first kappa shape index (κ1) is 15.7. The summed E-state index contributed by atoms with van der Waals surface area (Å²) < 4.78 is 19.3. The largest absolute Gasteiger partial charge is 0.378 e. The summed E-state index contributed by atoms with van der Waals surface area (Å²) in [5.41, 5.74) is 3.32. The number of benzene rings is 1. The number of halogens is 2. The predicted octanol–water partition coefficient (Wildman–Crippen LogP) is 3.06. The minimum absolute atomic E-state index is 0.0389. The number of rotatable bonds is 7. The monoisotopic (exact) mass is 300 g/mol. The molecule has 1 aromatic carbocycles. The molecular formula is C15H22ClFN2O. The fourth-order valence-corrected chi connectivity index (χ4v) is 3.07. The molecule has 3 nitrogen and oxygen atoms in total. The molecule has 1 atom stereocenters. The number of nitrogens with two attached hydrogens (primary N) is 1. The first-order valence-corrected chi connectivity index (χ1v) is 7.52. The average molecular weight is 301 g/mol. The van der Waals surface area contributed by atoms with Crippen molar-refractivity contribution < 1.29 is 9.13 Å². The van der Waals surface area contributed by atoms with Crippen LogP contribution in [-0.4, -0.2) is 18.8 Å². The van der Waals surface area contributed by atoms with Crippen molar-refractivity contribution in [3.63, 3.8) is 0 Å². The van der Waals surface area contributed by atoms with Gasteiger partial charge in [-0.3, -0.25) is 11.3 Å².